The summed E-state index contributed by atoms with van der Waals surface area (Å²) < 4.78 is 6.36. The molecule has 1 saturated carbocycles. The summed E-state index contributed by atoms with van der Waals surface area (Å²) in [5.41, 5.74) is 4.43. The second-order valence-corrected chi connectivity index (χ2v) is 11.5. The molecule has 32 heavy (non-hydrogen) atoms. The van der Waals surface area contributed by atoms with Crippen LogP contribution in [0, 0.1) is 24.7 Å². The van der Waals surface area contributed by atoms with E-state index < -0.39 is 0 Å². The number of likely N-dealkylation sites (tertiary alicyclic amines) is 1. The maximum Gasteiger partial charge on any atom is 0.0603 e. The predicted molar refractivity (Wildman–Crippen MR) is 137 cm³/mol. The fraction of sp³-hybridized carbons (Fsp3) is 0.793. The Labute approximate surface area is 197 Å². The van der Waals surface area contributed by atoms with Crippen molar-refractivity contribution < 1.29 is 4.74 Å². The van der Waals surface area contributed by atoms with E-state index >= 15 is 0 Å². The first-order valence-electron chi connectivity index (χ1n) is 13.7. The third-order valence-electron chi connectivity index (χ3n) is 8.48. The van der Waals surface area contributed by atoms with Gasteiger partial charge in [0.1, 0.15) is 0 Å². The van der Waals surface area contributed by atoms with Crippen LogP contribution in [0.1, 0.15) is 83.3 Å². The van der Waals surface area contributed by atoms with Crippen molar-refractivity contribution in [3.05, 3.63) is 29.3 Å². The summed E-state index contributed by atoms with van der Waals surface area (Å²) in [5, 5.41) is 0. The lowest BCUT2D eigenvalue weighted by atomic mass is 9.80. The first-order chi connectivity index (χ1) is 15.5. The first kappa shape index (κ1) is 24.1. The van der Waals surface area contributed by atoms with Gasteiger partial charge in [-0.3, -0.25) is 0 Å². The molecule has 180 valence electrons. The summed E-state index contributed by atoms with van der Waals surface area (Å²) in [6, 6.07) is 7.14. The number of nitrogens with zero attached hydrogens (tertiary/aromatic N) is 2. The topological polar surface area (TPSA) is 15.7 Å². The van der Waals surface area contributed by atoms with Gasteiger partial charge in [-0.1, -0.05) is 33.3 Å². The van der Waals surface area contributed by atoms with Gasteiger partial charge in [0.05, 0.1) is 12.2 Å². The zero-order valence-corrected chi connectivity index (χ0v) is 21.3. The van der Waals surface area contributed by atoms with Crippen molar-refractivity contribution in [2.45, 2.75) is 97.7 Å². The standard InChI is InChI=1S/C29H48N2O/c1-5-24-19-29(20-24)32-28-11-14-30(15-12-28)13-8-25-9-16-31(17-10-25)27-7-6-23(4)26(21-27)18-22(2)3/h6-7,21-22,24-25,28-29H,5,8-20H2,1-4H3. The zero-order chi connectivity index (χ0) is 22.5. The van der Waals surface area contributed by atoms with Crippen LogP contribution in [0.15, 0.2) is 18.2 Å². The highest BCUT2D eigenvalue weighted by molar-refractivity contribution is 5.51. The van der Waals surface area contributed by atoms with Crippen LogP contribution in [0.5, 0.6) is 0 Å². The predicted octanol–water partition coefficient (Wildman–Crippen LogP) is 6.47. The molecule has 1 aromatic carbocycles. The Balaban J connectivity index is 1.13. The number of rotatable bonds is 9. The maximum atomic E-state index is 6.36. The van der Waals surface area contributed by atoms with Crippen LogP contribution < -0.4 is 4.90 Å². The van der Waals surface area contributed by atoms with E-state index in [0.717, 1.165) is 17.8 Å². The Morgan fingerprint density at radius 1 is 0.938 bits per heavy atom. The Kier molecular flexibility index (Phi) is 8.56. The molecule has 1 aromatic rings. The fourth-order valence-corrected chi connectivity index (χ4v) is 6.02. The Bertz CT molecular complexity index is 695. The average Bonchev–Trinajstić information content (AvgIpc) is 2.77. The van der Waals surface area contributed by atoms with Gasteiger partial charge in [-0.2, -0.15) is 0 Å². The third kappa shape index (κ3) is 6.50. The second-order valence-electron chi connectivity index (χ2n) is 11.5. The van der Waals surface area contributed by atoms with Gasteiger partial charge in [-0.05, 0) is 106 Å². The van der Waals surface area contributed by atoms with Crippen molar-refractivity contribution in [1.29, 1.82) is 0 Å². The molecule has 0 amide bonds. The highest BCUT2D eigenvalue weighted by atomic mass is 16.5. The van der Waals surface area contributed by atoms with Crippen LogP contribution in [-0.2, 0) is 11.2 Å². The average molecular weight is 441 g/mol. The van der Waals surface area contributed by atoms with Crippen molar-refractivity contribution in [1.82, 2.24) is 4.90 Å². The molecule has 2 heterocycles. The SMILES string of the molecule is CCC1CC(OC2CCN(CCC3CCN(c4ccc(C)c(CC(C)C)c4)CC3)CC2)C1. The van der Waals surface area contributed by atoms with Gasteiger partial charge >= 0.3 is 0 Å². The van der Waals surface area contributed by atoms with Crippen LogP contribution in [0.3, 0.4) is 0 Å². The lowest BCUT2D eigenvalue weighted by Gasteiger charge is -2.40. The quantitative estimate of drug-likeness (QED) is 0.438. The highest BCUT2D eigenvalue weighted by Crippen LogP contribution is 2.34. The van der Waals surface area contributed by atoms with Crippen molar-refractivity contribution in [2.75, 3.05) is 37.6 Å². The summed E-state index contributed by atoms with van der Waals surface area (Å²) in [6.45, 7) is 15.5. The molecular formula is C29H48N2O. The molecule has 0 N–H and O–H groups in total. The molecule has 3 aliphatic rings. The molecule has 4 rings (SSSR count). The normalized spacial score (nSPS) is 26.0. The minimum atomic E-state index is 0.535. The van der Waals surface area contributed by atoms with Crippen LogP contribution in [0.2, 0.25) is 0 Å². The molecule has 0 radical (unpaired) electrons. The van der Waals surface area contributed by atoms with Gasteiger partial charge in [0.2, 0.25) is 0 Å². The molecule has 3 heteroatoms. The molecule has 3 fully saturated rings. The molecule has 0 aromatic heterocycles. The zero-order valence-electron chi connectivity index (χ0n) is 21.3. The summed E-state index contributed by atoms with van der Waals surface area (Å²) in [5.74, 6) is 2.57. The maximum absolute atomic E-state index is 6.36. The fourth-order valence-electron chi connectivity index (χ4n) is 6.02. The van der Waals surface area contributed by atoms with E-state index in [9.17, 15) is 0 Å². The summed E-state index contributed by atoms with van der Waals surface area (Å²) in [4.78, 5) is 5.34. The van der Waals surface area contributed by atoms with Gasteiger partial charge in [-0.15, -0.1) is 0 Å². The Morgan fingerprint density at radius 2 is 1.66 bits per heavy atom. The Morgan fingerprint density at radius 3 is 2.31 bits per heavy atom. The molecule has 2 aliphatic heterocycles. The number of hydrogen-bond donors (Lipinski definition) is 0. The van der Waals surface area contributed by atoms with Crippen LogP contribution in [0.25, 0.3) is 0 Å². The summed E-state index contributed by atoms with van der Waals surface area (Å²) in [7, 11) is 0. The summed E-state index contributed by atoms with van der Waals surface area (Å²) in [6.07, 6.45) is 12.9. The molecule has 0 atom stereocenters. The number of anilines is 1. The molecular weight excluding hydrogens is 392 g/mol. The van der Waals surface area contributed by atoms with Gasteiger partial charge in [0.15, 0.2) is 0 Å². The number of ether oxygens (including phenoxy) is 1. The minimum absolute atomic E-state index is 0.535. The third-order valence-corrected chi connectivity index (χ3v) is 8.48. The van der Waals surface area contributed by atoms with Gasteiger partial charge in [-0.25, -0.2) is 0 Å². The van der Waals surface area contributed by atoms with E-state index in [1.54, 1.807) is 0 Å². The molecule has 3 nitrogen and oxygen atoms in total. The monoisotopic (exact) mass is 440 g/mol. The number of piperidine rings is 2. The second kappa shape index (κ2) is 11.4. The van der Waals surface area contributed by atoms with Gasteiger partial charge in [0.25, 0.3) is 0 Å². The van der Waals surface area contributed by atoms with E-state index in [1.807, 2.05) is 0 Å². The van der Waals surface area contributed by atoms with Crippen molar-refractivity contribution in [3.8, 4) is 0 Å². The van der Waals surface area contributed by atoms with Crippen LogP contribution in [-0.4, -0.2) is 49.8 Å². The van der Waals surface area contributed by atoms with E-state index in [1.165, 1.54) is 107 Å². The van der Waals surface area contributed by atoms with Crippen molar-refractivity contribution in [3.63, 3.8) is 0 Å². The van der Waals surface area contributed by atoms with E-state index in [-0.39, 0.29) is 0 Å². The molecule has 0 spiro atoms. The smallest absolute Gasteiger partial charge is 0.0603 e. The number of aryl methyl sites for hydroxylation is 1. The van der Waals surface area contributed by atoms with Crippen LogP contribution >= 0.6 is 0 Å². The van der Waals surface area contributed by atoms with E-state index in [4.69, 9.17) is 4.74 Å². The largest absolute Gasteiger partial charge is 0.375 e. The number of hydrogen-bond acceptors (Lipinski definition) is 3. The Hall–Kier alpha value is -1.06. The highest BCUT2D eigenvalue weighted by Gasteiger charge is 2.31. The van der Waals surface area contributed by atoms with Gasteiger partial charge < -0.3 is 14.5 Å². The van der Waals surface area contributed by atoms with Gasteiger partial charge in [0, 0.05) is 31.9 Å². The summed E-state index contributed by atoms with van der Waals surface area (Å²) >= 11 is 0. The lowest BCUT2D eigenvalue weighted by Crippen LogP contribution is -2.42. The van der Waals surface area contributed by atoms with Crippen molar-refractivity contribution >= 4 is 5.69 Å². The first-order valence-corrected chi connectivity index (χ1v) is 13.7. The van der Waals surface area contributed by atoms with E-state index in [0.29, 0.717) is 12.2 Å². The minimum Gasteiger partial charge on any atom is -0.375 e. The lowest BCUT2D eigenvalue weighted by molar-refractivity contribution is -0.0942. The van der Waals surface area contributed by atoms with E-state index in [2.05, 4.69) is 55.7 Å². The number of benzene rings is 1. The molecule has 0 unspecified atom stereocenters. The van der Waals surface area contributed by atoms with Crippen molar-refractivity contribution in [2.24, 2.45) is 17.8 Å². The molecule has 1 aliphatic carbocycles. The molecule has 0 bridgehead atoms. The molecule has 2 saturated heterocycles. The van der Waals surface area contributed by atoms with Crippen LogP contribution in [0.4, 0.5) is 5.69 Å².